The Morgan fingerprint density at radius 1 is 1.41 bits per heavy atom. The van der Waals surface area contributed by atoms with Crippen molar-refractivity contribution in [3.05, 3.63) is 51.3 Å². The van der Waals surface area contributed by atoms with Gasteiger partial charge in [0, 0.05) is 6.07 Å². The van der Waals surface area contributed by atoms with E-state index in [0.29, 0.717) is 17.1 Å². The van der Waals surface area contributed by atoms with Crippen LogP contribution in [-0.4, -0.2) is 16.3 Å². The molecule has 2 aromatic rings. The number of nitro groups is 1. The number of nitrogens with two attached hydrogens (primary N) is 1. The molecule has 1 heterocycles. The minimum Gasteiger partial charge on any atom is -0.455 e. The molecule has 0 fully saturated rings. The van der Waals surface area contributed by atoms with Crippen molar-refractivity contribution in [1.82, 2.24) is 5.43 Å². The van der Waals surface area contributed by atoms with Crippen LogP contribution in [0.2, 0.25) is 0 Å². The van der Waals surface area contributed by atoms with E-state index < -0.39 is 4.92 Å². The average molecular weight is 318 g/mol. The van der Waals surface area contributed by atoms with Crippen molar-refractivity contribution in [2.45, 2.75) is 13.8 Å². The first kappa shape index (κ1) is 15.6. The van der Waals surface area contributed by atoms with Gasteiger partial charge in [0.25, 0.3) is 5.69 Å². The van der Waals surface area contributed by atoms with Crippen molar-refractivity contribution in [2.24, 2.45) is 10.8 Å². The highest BCUT2D eigenvalue weighted by atomic mass is 32.1. The summed E-state index contributed by atoms with van der Waals surface area (Å²) in [5.74, 6) is 0.817. The quantitative estimate of drug-likeness (QED) is 0.388. The molecule has 0 aliphatic carbocycles. The molecule has 0 bridgehead atoms. The third kappa shape index (κ3) is 3.47. The predicted octanol–water partition coefficient (Wildman–Crippen LogP) is 2.64. The van der Waals surface area contributed by atoms with Gasteiger partial charge < -0.3 is 10.2 Å². The predicted molar refractivity (Wildman–Crippen MR) is 87.8 cm³/mol. The van der Waals surface area contributed by atoms with Crippen molar-refractivity contribution in [3.63, 3.8) is 0 Å². The van der Waals surface area contributed by atoms with Crippen molar-refractivity contribution < 1.29 is 9.34 Å². The minimum atomic E-state index is -0.424. The number of nitrogens with one attached hydrogen (secondary N) is 1. The molecular weight excluding hydrogens is 304 g/mol. The van der Waals surface area contributed by atoms with Crippen molar-refractivity contribution in [2.75, 3.05) is 0 Å². The molecular formula is C14H14N4O3S. The Balaban J connectivity index is 2.38. The van der Waals surface area contributed by atoms with Crippen LogP contribution in [-0.2, 0) is 0 Å². The summed E-state index contributed by atoms with van der Waals surface area (Å²) in [7, 11) is 0. The van der Waals surface area contributed by atoms with E-state index in [-0.39, 0.29) is 10.8 Å². The van der Waals surface area contributed by atoms with Crippen LogP contribution in [0.4, 0.5) is 5.69 Å². The standard InChI is InChI=1S/C14H14N4O3S/c1-8-5-11(12(18(19)20)6-9(8)2)13-4-3-10(21-13)7-16-17-14(15)22/h3-7H,1-2H3,(H3,15,17,22)/b16-7-. The van der Waals surface area contributed by atoms with Gasteiger partial charge in [0.05, 0.1) is 16.7 Å². The second kappa shape index (κ2) is 6.35. The van der Waals surface area contributed by atoms with Gasteiger partial charge in [-0.05, 0) is 55.4 Å². The Morgan fingerprint density at radius 2 is 2.09 bits per heavy atom. The number of nitro benzene ring substituents is 1. The summed E-state index contributed by atoms with van der Waals surface area (Å²) in [4.78, 5) is 10.8. The molecule has 0 saturated carbocycles. The molecule has 0 aliphatic rings. The maximum absolute atomic E-state index is 11.2. The molecule has 0 aliphatic heterocycles. The molecule has 0 saturated heterocycles. The van der Waals surface area contributed by atoms with Gasteiger partial charge in [0.2, 0.25) is 0 Å². The first-order valence-electron chi connectivity index (χ1n) is 6.33. The number of rotatable bonds is 4. The van der Waals surface area contributed by atoms with Crippen LogP contribution in [0.15, 0.2) is 33.8 Å². The first-order valence-corrected chi connectivity index (χ1v) is 6.73. The van der Waals surface area contributed by atoms with Gasteiger partial charge in [-0.15, -0.1) is 0 Å². The van der Waals surface area contributed by atoms with Gasteiger partial charge in [0.1, 0.15) is 11.5 Å². The molecule has 0 atom stereocenters. The van der Waals surface area contributed by atoms with E-state index in [4.69, 9.17) is 10.2 Å². The summed E-state index contributed by atoms with van der Waals surface area (Å²) in [6.07, 6.45) is 1.38. The van der Waals surface area contributed by atoms with Gasteiger partial charge in [-0.3, -0.25) is 15.5 Å². The zero-order valence-electron chi connectivity index (χ0n) is 12.0. The van der Waals surface area contributed by atoms with Crippen molar-refractivity contribution in [1.29, 1.82) is 0 Å². The van der Waals surface area contributed by atoms with Crippen LogP contribution in [0, 0.1) is 24.0 Å². The number of hydrazone groups is 1. The van der Waals surface area contributed by atoms with E-state index in [1.807, 2.05) is 13.8 Å². The van der Waals surface area contributed by atoms with E-state index >= 15 is 0 Å². The molecule has 0 spiro atoms. The van der Waals surface area contributed by atoms with Crippen LogP contribution < -0.4 is 11.2 Å². The average Bonchev–Trinajstić information content (AvgIpc) is 2.89. The summed E-state index contributed by atoms with van der Waals surface area (Å²) in [5, 5.41) is 15.0. The van der Waals surface area contributed by atoms with E-state index in [1.54, 1.807) is 18.2 Å². The number of benzene rings is 1. The third-order valence-corrected chi connectivity index (χ3v) is 3.16. The Bertz CT molecular complexity index is 767. The Morgan fingerprint density at radius 3 is 2.73 bits per heavy atom. The lowest BCUT2D eigenvalue weighted by Crippen LogP contribution is -2.23. The molecule has 114 valence electrons. The van der Waals surface area contributed by atoms with Crippen LogP contribution in [0.25, 0.3) is 11.3 Å². The number of thiocarbonyl (C=S) groups is 1. The van der Waals surface area contributed by atoms with Gasteiger partial charge in [-0.2, -0.15) is 5.10 Å². The molecule has 2 rings (SSSR count). The van der Waals surface area contributed by atoms with Gasteiger partial charge >= 0.3 is 0 Å². The molecule has 22 heavy (non-hydrogen) atoms. The largest absolute Gasteiger partial charge is 0.455 e. The van der Waals surface area contributed by atoms with E-state index in [9.17, 15) is 10.1 Å². The lowest BCUT2D eigenvalue weighted by atomic mass is 10.0. The smallest absolute Gasteiger partial charge is 0.280 e. The van der Waals surface area contributed by atoms with Crippen LogP contribution >= 0.6 is 12.2 Å². The van der Waals surface area contributed by atoms with Crippen LogP contribution in [0.3, 0.4) is 0 Å². The topological polar surface area (TPSA) is 107 Å². The fraction of sp³-hybridized carbons (Fsp3) is 0.143. The lowest BCUT2D eigenvalue weighted by molar-refractivity contribution is -0.384. The zero-order chi connectivity index (χ0) is 16.3. The highest BCUT2D eigenvalue weighted by Crippen LogP contribution is 2.33. The van der Waals surface area contributed by atoms with Gasteiger partial charge in [0.15, 0.2) is 5.11 Å². The fourth-order valence-corrected chi connectivity index (χ4v) is 1.93. The molecule has 0 unspecified atom stereocenters. The maximum atomic E-state index is 11.2. The Labute approximate surface area is 132 Å². The molecule has 1 aromatic heterocycles. The summed E-state index contributed by atoms with van der Waals surface area (Å²) < 4.78 is 5.56. The van der Waals surface area contributed by atoms with Gasteiger partial charge in [-0.1, -0.05) is 0 Å². The molecule has 7 nitrogen and oxygen atoms in total. The normalized spacial score (nSPS) is 10.8. The van der Waals surface area contributed by atoms with Gasteiger partial charge in [-0.25, -0.2) is 0 Å². The second-order valence-electron chi connectivity index (χ2n) is 4.65. The van der Waals surface area contributed by atoms with Crippen LogP contribution in [0.1, 0.15) is 16.9 Å². The minimum absolute atomic E-state index is 0.00204. The van der Waals surface area contributed by atoms with E-state index in [2.05, 4.69) is 22.7 Å². The second-order valence-corrected chi connectivity index (χ2v) is 5.09. The monoisotopic (exact) mass is 318 g/mol. The highest BCUT2D eigenvalue weighted by molar-refractivity contribution is 7.80. The molecule has 1 aromatic carbocycles. The number of hydrogen-bond donors (Lipinski definition) is 2. The van der Waals surface area contributed by atoms with Crippen LogP contribution in [0.5, 0.6) is 0 Å². The number of furan rings is 1. The van der Waals surface area contributed by atoms with E-state index in [0.717, 1.165) is 11.1 Å². The highest BCUT2D eigenvalue weighted by Gasteiger charge is 2.19. The first-order chi connectivity index (χ1) is 10.4. The fourth-order valence-electron chi connectivity index (χ4n) is 1.88. The Kier molecular flexibility index (Phi) is 4.52. The molecule has 8 heteroatoms. The summed E-state index contributed by atoms with van der Waals surface area (Å²) >= 11 is 4.61. The molecule has 0 amide bonds. The van der Waals surface area contributed by atoms with Crippen molar-refractivity contribution >= 4 is 29.2 Å². The molecule has 3 N–H and O–H groups in total. The molecule has 0 radical (unpaired) electrons. The summed E-state index contributed by atoms with van der Waals surface area (Å²) in [5.41, 5.74) is 9.86. The SMILES string of the molecule is Cc1cc(-c2ccc(/C=N\NC(N)=S)o2)c([N+](=O)[O-])cc1C. The zero-order valence-corrected chi connectivity index (χ0v) is 12.8. The van der Waals surface area contributed by atoms with Crippen molar-refractivity contribution in [3.8, 4) is 11.3 Å². The summed E-state index contributed by atoms with van der Waals surface area (Å²) in [6, 6.07) is 6.58. The lowest BCUT2D eigenvalue weighted by Gasteiger charge is -2.04. The third-order valence-electron chi connectivity index (χ3n) is 3.07. The van der Waals surface area contributed by atoms with E-state index in [1.165, 1.54) is 12.3 Å². The number of nitrogens with zero attached hydrogens (tertiary/aromatic N) is 2. The summed E-state index contributed by atoms with van der Waals surface area (Å²) in [6.45, 7) is 3.72. The number of aryl methyl sites for hydroxylation is 2. The Hall–Kier alpha value is -2.74. The number of hydrogen-bond acceptors (Lipinski definition) is 5. The maximum Gasteiger partial charge on any atom is 0.280 e.